The van der Waals surface area contributed by atoms with Gasteiger partial charge in [-0.1, -0.05) is 48.0 Å². The van der Waals surface area contributed by atoms with Crippen LogP contribution in [-0.4, -0.2) is 81.8 Å². The molecule has 2 spiro atoms. The Morgan fingerprint density at radius 1 is 0.900 bits per heavy atom. The SMILES string of the molecule is CC[C@@H](C)[C@H]1[C@@](O)(OC)[C@H](O)[C@@]2(C)C3CCC4C(C)(C)[C@@H](O[C@@H]5OCC(O)[C@H](O)[C@H]5O)CC[C@@]45CC35CC[C@]12C. The van der Waals surface area contributed by atoms with Crippen LogP contribution in [0.3, 0.4) is 0 Å². The first-order valence-corrected chi connectivity index (χ1v) is 15.9. The molecule has 8 nitrogen and oxygen atoms in total. The Morgan fingerprint density at radius 3 is 2.20 bits per heavy atom. The summed E-state index contributed by atoms with van der Waals surface area (Å²) in [5.41, 5.74) is -0.514. The largest absolute Gasteiger partial charge is 0.388 e. The highest BCUT2D eigenvalue weighted by molar-refractivity contribution is 5.33. The zero-order valence-electron chi connectivity index (χ0n) is 25.6. The highest BCUT2D eigenvalue weighted by Crippen LogP contribution is 2.89. The second kappa shape index (κ2) is 9.10. The van der Waals surface area contributed by atoms with Crippen LogP contribution in [0.25, 0.3) is 0 Å². The molecule has 5 N–H and O–H groups in total. The molecule has 230 valence electrons. The van der Waals surface area contributed by atoms with Gasteiger partial charge in [-0.2, -0.15) is 0 Å². The fourth-order valence-electron chi connectivity index (χ4n) is 12.3. The van der Waals surface area contributed by atoms with Gasteiger partial charge in [0.05, 0.1) is 12.7 Å². The fourth-order valence-corrected chi connectivity index (χ4v) is 12.3. The van der Waals surface area contributed by atoms with E-state index in [0.717, 1.165) is 51.4 Å². The van der Waals surface area contributed by atoms with E-state index in [1.54, 1.807) is 7.11 Å². The van der Waals surface area contributed by atoms with Crippen LogP contribution in [0.4, 0.5) is 0 Å². The predicted molar refractivity (Wildman–Crippen MR) is 148 cm³/mol. The van der Waals surface area contributed by atoms with E-state index in [0.29, 0.717) is 11.8 Å². The maximum atomic E-state index is 12.1. The van der Waals surface area contributed by atoms with Crippen LogP contribution in [0, 0.1) is 50.7 Å². The standard InChI is InChI=1S/C32H54O8/c1-8-17(2)24-28(5)13-14-31-16-30(31)12-11-21(40-25-23(35)22(34)18(33)15-39-25)27(3,4)19(30)9-10-20(31)29(28,6)26(36)32(24,37)38-7/h17-26,33-37H,8-16H2,1-7H3/t17-,18?,19?,20?,21+,22+,23-,24-,25+,26-,28-,29-,30-,31?,32-/m1/s1. The number of hydrogen-bond donors (Lipinski definition) is 5. The van der Waals surface area contributed by atoms with Gasteiger partial charge in [0.15, 0.2) is 12.1 Å². The topological polar surface area (TPSA) is 129 Å². The molecule has 0 aromatic carbocycles. The average Bonchev–Trinajstić information content (AvgIpc) is 3.56. The van der Waals surface area contributed by atoms with Gasteiger partial charge in [0.1, 0.15) is 24.4 Å². The second-order valence-electron chi connectivity index (χ2n) is 15.8. The van der Waals surface area contributed by atoms with Crippen LogP contribution in [0.15, 0.2) is 0 Å². The predicted octanol–water partition coefficient (Wildman–Crippen LogP) is 3.21. The van der Waals surface area contributed by atoms with Gasteiger partial charge in [0.25, 0.3) is 0 Å². The lowest BCUT2D eigenvalue weighted by Gasteiger charge is -2.63. The van der Waals surface area contributed by atoms with E-state index in [9.17, 15) is 25.5 Å². The van der Waals surface area contributed by atoms with Crippen molar-refractivity contribution in [1.82, 2.24) is 0 Å². The van der Waals surface area contributed by atoms with Crippen LogP contribution in [0.1, 0.15) is 92.9 Å². The van der Waals surface area contributed by atoms with Crippen LogP contribution in [0.5, 0.6) is 0 Å². The summed E-state index contributed by atoms with van der Waals surface area (Å²) in [6, 6.07) is 0. The van der Waals surface area contributed by atoms with E-state index < -0.39 is 41.9 Å². The van der Waals surface area contributed by atoms with Gasteiger partial charge >= 0.3 is 0 Å². The summed E-state index contributed by atoms with van der Waals surface area (Å²) >= 11 is 0. The highest BCUT2D eigenvalue weighted by Gasteiger charge is 2.86. The number of aliphatic hydroxyl groups excluding tert-OH is 4. The average molecular weight is 567 g/mol. The van der Waals surface area contributed by atoms with E-state index in [2.05, 4.69) is 41.5 Å². The molecular weight excluding hydrogens is 512 g/mol. The molecule has 0 radical (unpaired) electrons. The highest BCUT2D eigenvalue weighted by atomic mass is 16.7. The zero-order chi connectivity index (χ0) is 29.3. The van der Waals surface area contributed by atoms with Crippen molar-refractivity contribution in [3.63, 3.8) is 0 Å². The molecule has 0 aromatic heterocycles. The molecule has 6 fully saturated rings. The molecule has 15 atom stereocenters. The van der Waals surface area contributed by atoms with Crippen LogP contribution >= 0.6 is 0 Å². The molecule has 5 aliphatic carbocycles. The number of fused-ring (bicyclic) bond motifs is 2. The minimum Gasteiger partial charge on any atom is -0.388 e. The fraction of sp³-hybridized carbons (Fsp3) is 1.00. The van der Waals surface area contributed by atoms with Crippen molar-refractivity contribution >= 4 is 0 Å². The lowest BCUT2D eigenvalue weighted by atomic mass is 9.41. The molecule has 6 aliphatic rings. The van der Waals surface area contributed by atoms with Crippen molar-refractivity contribution in [2.75, 3.05) is 13.7 Å². The van der Waals surface area contributed by atoms with Crippen molar-refractivity contribution in [2.24, 2.45) is 50.7 Å². The minimum atomic E-state index is -1.55. The van der Waals surface area contributed by atoms with Gasteiger partial charge in [-0.25, -0.2) is 0 Å². The first-order valence-electron chi connectivity index (χ1n) is 15.9. The van der Waals surface area contributed by atoms with E-state index >= 15 is 0 Å². The van der Waals surface area contributed by atoms with E-state index in [4.69, 9.17) is 14.2 Å². The van der Waals surface area contributed by atoms with Gasteiger partial charge in [-0.05, 0) is 84.4 Å². The molecule has 0 aromatic rings. The summed E-state index contributed by atoms with van der Waals surface area (Å²) in [6.07, 6.45) is 2.42. The Bertz CT molecular complexity index is 1010. The number of methoxy groups -OCH3 is 1. The summed E-state index contributed by atoms with van der Waals surface area (Å²) in [6.45, 7) is 13.5. The Morgan fingerprint density at radius 2 is 1.55 bits per heavy atom. The van der Waals surface area contributed by atoms with Crippen molar-refractivity contribution in [2.45, 2.75) is 136 Å². The molecule has 6 rings (SSSR count). The third kappa shape index (κ3) is 3.31. The van der Waals surface area contributed by atoms with Crippen LogP contribution in [-0.2, 0) is 14.2 Å². The van der Waals surface area contributed by atoms with Crippen molar-refractivity contribution in [1.29, 1.82) is 0 Å². The molecule has 4 unspecified atom stereocenters. The van der Waals surface area contributed by atoms with Gasteiger partial charge in [-0.15, -0.1) is 0 Å². The van der Waals surface area contributed by atoms with Crippen LogP contribution in [0.2, 0.25) is 0 Å². The lowest BCUT2D eigenvalue weighted by Crippen LogP contribution is -2.61. The summed E-state index contributed by atoms with van der Waals surface area (Å²) in [5.74, 6) is -0.698. The summed E-state index contributed by atoms with van der Waals surface area (Å²) < 4.78 is 17.9. The Kier molecular flexibility index (Phi) is 6.77. The molecule has 8 heteroatoms. The van der Waals surface area contributed by atoms with Gasteiger partial charge < -0.3 is 39.7 Å². The van der Waals surface area contributed by atoms with Gasteiger partial charge in [0, 0.05) is 18.4 Å². The molecule has 1 aliphatic heterocycles. The van der Waals surface area contributed by atoms with Gasteiger partial charge in [0.2, 0.25) is 0 Å². The minimum absolute atomic E-state index is 0.0562. The smallest absolute Gasteiger partial charge is 0.195 e. The monoisotopic (exact) mass is 566 g/mol. The maximum Gasteiger partial charge on any atom is 0.195 e. The maximum absolute atomic E-state index is 12.1. The summed E-state index contributed by atoms with van der Waals surface area (Å²) in [5, 5.41) is 54.7. The van der Waals surface area contributed by atoms with Crippen molar-refractivity contribution < 1.29 is 39.7 Å². The van der Waals surface area contributed by atoms with E-state index in [1.807, 2.05) is 0 Å². The van der Waals surface area contributed by atoms with Crippen molar-refractivity contribution in [3.8, 4) is 0 Å². The number of hydrogen-bond acceptors (Lipinski definition) is 8. The molecule has 0 bridgehead atoms. The first kappa shape index (κ1) is 29.7. The van der Waals surface area contributed by atoms with E-state index in [-0.39, 0.29) is 46.2 Å². The first-order chi connectivity index (χ1) is 18.6. The summed E-state index contributed by atoms with van der Waals surface area (Å²) in [7, 11) is 1.56. The third-order valence-corrected chi connectivity index (χ3v) is 14.6. The molecule has 5 saturated carbocycles. The lowest BCUT2D eigenvalue weighted by molar-refractivity contribution is -0.303. The normalized spacial score (nSPS) is 59.2. The zero-order valence-corrected chi connectivity index (χ0v) is 25.6. The quantitative estimate of drug-likeness (QED) is 0.254. The molecule has 1 saturated heterocycles. The molecular formula is C32H54O8. The third-order valence-electron chi connectivity index (χ3n) is 14.6. The molecule has 1 heterocycles. The number of rotatable bonds is 5. The number of aliphatic hydroxyl groups is 5. The number of ether oxygens (including phenoxy) is 3. The Labute approximate surface area is 239 Å². The van der Waals surface area contributed by atoms with Crippen LogP contribution < -0.4 is 0 Å². The van der Waals surface area contributed by atoms with Gasteiger partial charge in [-0.3, -0.25) is 0 Å². The molecule has 0 amide bonds. The Hall–Kier alpha value is -0.320. The van der Waals surface area contributed by atoms with Crippen molar-refractivity contribution in [3.05, 3.63) is 0 Å². The van der Waals surface area contributed by atoms with E-state index in [1.165, 1.54) is 0 Å². The Balaban J connectivity index is 1.29. The molecule has 40 heavy (non-hydrogen) atoms. The summed E-state index contributed by atoms with van der Waals surface area (Å²) in [4.78, 5) is 0. The second-order valence-corrected chi connectivity index (χ2v) is 15.8.